The fourth-order valence-corrected chi connectivity index (χ4v) is 5.01. The van der Waals surface area contributed by atoms with E-state index in [1.165, 1.54) is 10.4 Å². The highest BCUT2D eigenvalue weighted by Gasteiger charge is 2.24. The van der Waals surface area contributed by atoms with Crippen LogP contribution in [0.3, 0.4) is 0 Å². The summed E-state index contributed by atoms with van der Waals surface area (Å²) in [6.07, 6.45) is 0.0346. The Balaban J connectivity index is 2.13. The van der Waals surface area contributed by atoms with Crippen LogP contribution in [0.4, 0.5) is 21.9 Å². The van der Waals surface area contributed by atoms with Crippen molar-refractivity contribution in [3.8, 4) is 0 Å². The maximum absolute atomic E-state index is 13.0. The van der Waals surface area contributed by atoms with Gasteiger partial charge in [-0.15, -0.1) is 0 Å². The molecule has 34 heavy (non-hydrogen) atoms. The van der Waals surface area contributed by atoms with Crippen LogP contribution in [0.25, 0.3) is 0 Å². The van der Waals surface area contributed by atoms with E-state index in [9.17, 15) is 18.0 Å². The summed E-state index contributed by atoms with van der Waals surface area (Å²) in [7, 11) is -3.68. The first-order valence-electron chi connectivity index (χ1n) is 11.6. The zero-order chi connectivity index (χ0) is 25.1. The van der Waals surface area contributed by atoms with E-state index in [1.54, 1.807) is 38.1 Å². The molecule has 0 spiro atoms. The Kier molecular flexibility index (Phi) is 10.3. The van der Waals surface area contributed by atoms with Crippen LogP contribution >= 0.6 is 0 Å². The highest BCUT2D eigenvalue weighted by molar-refractivity contribution is 7.89. The molecule has 9 nitrogen and oxygen atoms in total. The maximum atomic E-state index is 13.0. The van der Waals surface area contributed by atoms with Gasteiger partial charge in [-0.1, -0.05) is 32.0 Å². The number of amides is 3. The zero-order valence-electron chi connectivity index (χ0n) is 20.3. The molecule has 10 heteroatoms. The van der Waals surface area contributed by atoms with Gasteiger partial charge < -0.3 is 20.9 Å². The van der Waals surface area contributed by atoms with Crippen molar-refractivity contribution < 1.29 is 18.0 Å². The number of para-hydroxylation sites is 1. The van der Waals surface area contributed by atoms with Gasteiger partial charge in [0.1, 0.15) is 0 Å². The van der Waals surface area contributed by atoms with Crippen molar-refractivity contribution in [3.05, 3.63) is 48.5 Å². The Morgan fingerprint density at radius 1 is 0.853 bits per heavy atom. The minimum absolute atomic E-state index is 0.0346. The van der Waals surface area contributed by atoms with Gasteiger partial charge >= 0.3 is 6.03 Å². The Bertz CT molecular complexity index is 1050. The second-order valence-electron chi connectivity index (χ2n) is 7.49. The normalized spacial score (nSPS) is 11.2. The predicted octanol–water partition coefficient (Wildman–Crippen LogP) is 3.71. The molecule has 0 fully saturated rings. The third kappa shape index (κ3) is 7.19. The topological polar surface area (TPSA) is 111 Å². The summed E-state index contributed by atoms with van der Waals surface area (Å²) >= 11 is 0. The number of carbonyl (C=O) groups excluding carboxylic acids is 2. The summed E-state index contributed by atoms with van der Waals surface area (Å²) in [5, 5.41) is 8.18. The van der Waals surface area contributed by atoms with E-state index in [0.717, 1.165) is 5.69 Å². The number of nitrogens with zero attached hydrogens (tertiary/aromatic N) is 2. The molecular weight excluding hydrogens is 454 g/mol. The van der Waals surface area contributed by atoms with E-state index in [0.29, 0.717) is 37.6 Å². The van der Waals surface area contributed by atoms with Gasteiger partial charge in [0.05, 0.1) is 16.3 Å². The first-order valence-corrected chi connectivity index (χ1v) is 13.0. The van der Waals surface area contributed by atoms with Crippen LogP contribution in [0.15, 0.2) is 53.4 Å². The zero-order valence-corrected chi connectivity index (χ0v) is 21.1. The molecule has 0 unspecified atom stereocenters. The molecule has 0 atom stereocenters. The third-order valence-corrected chi connectivity index (χ3v) is 7.40. The van der Waals surface area contributed by atoms with Crippen molar-refractivity contribution >= 4 is 39.0 Å². The number of nitrogens with one attached hydrogen (secondary N) is 3. The molecule has 0 saturated heterocycles. The van der Waals surface area contributed by atoms with Crippen molar-refractivity contribution in [3.63, 3.8) is 0 Å². The number of hydrogen-bond acceptors (Lipinski definition) is 5. The van der Waals surface area contributed by atoms with Gasteiger partial charge in [0.25, 0.3) is 0 Å². The molecule has 2 aromatic rings. The van der Waals surface area contributed by atoms with Gasteiger partial charge in [0.15, 0.2) is 0 Å². The molecule has 2 rings (SSSR count). The van der Waals surface area contributed by atoms with Gasteiger partial charge in [0.2, 0.25) is 15.9 Å². The lowest BCUT2D eigenvalue weighted by atomic mass is 10.2. The lowest BCUT2D eigenvalue weighted by Gasteiger charge is -2.26. The van der Waals surface area contributed by atoms with E-state index in [-0.39, 0.29) is 23.8 Å². The second-order valence-corrected chi connectivity index (χ2v) is 9.42. The minimum atomic E-state index is -3.68. The largest absolute Gasteiger partial charge is 0.370 e. The SMILES string of the molecule is CCN(CC)c1ccc(S(=O)(=O)N(CC)CC)cc1NC(=O)CCNC(=O)Nc1ccccc1. The number of carbonyl (C=O) groups is 2. The second kappa shape index (κ2) is 13.0. The summed E-state index contributed by atoms with van der Waals surface area (Å²) in [6.45, 7) is 9.79. The van der Waals surface area contributed by atoms with Crippen molar-refractivity contribution in [1.29, 1.82) is 0 Å². The van der Waals surface area contributed by atoms with Crippen LogP contribution < -0.4 is 20.9 Å². The number of anilines is 3. The Labute approximate surface area is 202 Å². The number of rotatable bonds is 12. The summed E-state index contributed by atoms with van der Waals surface area (Å²) in [5.74, 6) is -0.328. The molecule has 3 amide bonds. The average molecular weight is 490 g/mol. The third-order valence-electron chi connectivity index (χ3n) is 5.36. The van der Waals surface area contributed by atoms with Crippen LogP contribution in [0.5, 0.6) is 0 Å². The molecule has 0 radical (unpaired) electrons. The van der Waals surface area contributed by atoms with Crippen LogP contribution in [-0.2, 0) is 14.8 Å². The molecular formula is C24H35N5O4S. The van der Waals surface area contributed by atoms with Gasteiger partial charge in [0, 0.05) is 44.8 Å². The average Bonchev–Trinajstić information content (AvgIpc) is 2.82. The molecule has 186 valence electrons. The Morgan fingerprint density at radius 2 is 1.50 bits per heavy atom. The van der Waals surface area contributed by atoms with Crippen LogP contribution in [0, 0.1) is 0 Å². The van der Waals surface area contributed by atoms with E-state index in [1.807, 2.05) is 36.9 Å². The molecule has 0 aliphatic heterocycles. The molecule has 2 aromatic carbocycles. The Morgan fingerprint density at radius 3 is 2.09 bits per heavy atom. The molecule has 0 heterocycles. The molecule has 0 aliphatic rings. The number of urea groups is 1. The van der Waals surface area contributed by atoms with Gasteiger partial charge in [-0.25, -0.2) is 13.2 Å². The van der Waals surface area contributed by atoms with Crippen molar-refractivity contribution in [2.24, 2.45) is 0 Å². The van der Waals surface area contributed by atoms with E-state index < -0.39 is 16.1 Å². The lowest BCUT2D eigenvalue weighted by Crippen LogP contribution is -2.32. The first kappa shape index (κ1) is 27.1. The summed E-state index contributed by atoms with van der Waals surface area (Å²) in [5.41, 5.74) is 1.82. The summed E-state index contributed by atoms with van der Waals surface area (Å²) < 4.78 is 27.4. The van der Waals surface area contributed by atoms with Crippen LogP contribution in [0.1, 0.15) is 34.1 Å². The summed E-state index contributed by atoms with van der Waals surface area (Å²) in [4.78, 5) is 26.8. The molecule has 0 bridgehead atoms. The maximum Gasteiger partial charge on any atom is 0.319 e. The quantitative estimate of drug-likeness (QED) is 0.421. The molecule has 0 aliphatic carbocycles. The van der Waals surface area contributed by atoms with E-state index in [2.05, 4.69) is 16.0 Å². The van der Waals surface area contributed by atoms with Crippen LogP contribution in [-0.4, -0.2) is 57.4 Å². The Hall–Kier alpha value is -3.11. The van der Waals surface area contributed by atoms with Crippen LogP contribution in [0.2, 0.25) is 0 Å². The highest BCUT2D eigenvalue weighted by Crippen LogP contribution is 2.30. The minimum Gasteiger partial charge on any atom is -0.370 e. The fraction of sp³-hybridized carbons (Fsp3) is 0.417. The standard InChI is InChI=1S/C24H35N5O4S/c1-5-28(6-2)22-15-14-20(34(32,33)29(7-3)8-4)18-21(22)27-23(30)16-17-25-24(31)26-19-12-10-9-11-13-19/h9-15,18H,5-8,16-17H2,1-4H3,(H,27,30)(H2,25,26,31). The molecule has 0 aromatic heterocycles. The highest BCUT2D eigenvalue weighted by atomic mass is 32.2. The lowest BCUT2D eigenvalue weighted by molar-refractivity contribution is -0.116. The molecule has 0 saturated carbocycles. The predicted molar refractivity (Wildman–Crippen MR) is 137 cm³/mol. The summed E-state index contributed by atoms with van der Waals surface area (Å²) in [6, 6.07) is 13.4. The van der Waals surface area contributed by atoms with Crippen molar-refractivity contribution in [2.75, 3.05) is 48.3 Å². The van der Waals surface area contributed by atoms with E-state index in [4.69, 9.17) is 0 Å². The monoisotopic (exact) mass is 489 g/mol. The number of sulfonamides is 1. The fourth-order valence-electron chi connectivity index (χ4n) is 3.53. The van der Waals surface area contributed by atoms with Crippen molar-refractivity contribution in [1.82, 2.24) is 9.62 Å². The smallest absolute Gasteiger partial charge is 0.319 e. The molecule has 3 N–H and O–H groups in total. The van der Waals surface area contributed by atoms with Crippen molar-refractivity contribution in [2.45, 2.75) is 39.0 Å². The number of hydrogen-bond donors (Lipinski definition) is 3. The van der Waals surface area contributed by atoms with Gasteiger partial charge in [-0.2, -0.15) is 4.31 Å². The van der Waals surface area contributed by atoms with E-state index >= 15 is 0 Å². The number of benzene rings is 2. The first-order chi connectivity index (χ1) is 16.3. The van der Waals surface area contributed by atoms with Gasteiger partial charge in [-0.05, 0) is 44.2 Å². The van der Waals surface area contributed by atoms with Gasteiger partial charge in [-0.3, -0.25) is 4.79 Å².